The molecule has 9 nitrogen and oxygen atoms in total. The molecule has 0 unspecified atom stereocenters. The molecule has 1 fully saturated rings. The molecular weight excluding hydrogens is 442 g/mol. The minimum absolute atomic E-state index is 0.189. The van der Waals surface area contributed by atoms with Crippen LogP contribution in [-0.4, -0.2) is 56.9 Å². The molecule has 0 bridgehead atoms. The van der Waals surface area contributed by atoms with Crippen LogP contribution in [0.4, 0.5) is 11.6 Å². The van der Waals surface area contributed by atoms with Gasteiger partial charge < -0.3 is 15.0 Å². The third-order valence-electron chi connectivity index (χ3n) is 5.67. The number of nitrogens with one attached hydrogen (secondary N) is 1. The van der Waals surface area contributed by atoms with Gasteiger partial charge in [-0.1, -0.05) is 30.3 Å². The van der Waals surface area contributed by atoms with Crippen molar-refractivity contribution in [3.05, 3.63) is 96.6 Å². The first-order chi connectivity index (χ1) is 17.2. The standard InChI is InChI=1S/C26H25N7O2/c34-24(21-17-29-26(30-18-21)35-23-5-2-1-3-6-23)31-22-9-7-20(8-10-22)19-32-13-15-33(16-14-32)25-27-11-4-12-28-25/h1-12,17-18H,13-16,19H2,(H,31,34). The highest BCUT2D eigenvalue weighted by Crippen LogP contribution is 2.18. The van der Waals surface area contributed by atoms with Crippen molar-refractivity contribution in [1.82, 2.24) is 24.8 Å². The lowest BCUT2D eigenvalue weighted by Gasteiger charge is -2.34. The Morgan fingerprint density at radius 1 is 0.829 bits per heavy atom. The number of amides is 1. The number of hydrogen-bond acceptors (Lipinski definition) is 8. The van der Waals surface area contributed by atoms with Crippen LogP contribution in [0.15, 0.2) is 85.5 Å². The fourth-order valence-electron chi connectivity index (χ4n) is 3.80. The second-order valence-corrected chi connectivity index (χ2v) is 8.13. The molecule has 0 saturated carbocycles. The van der Waals surface area contributed by atoms with Gasteiger partial charge in [0, 0.05) is 63.2 Å². The predicted molar refractivity (Wildman–Crippen MR) is 132 cm³/mol. The molecule has 35 heavy (non-hydrogen) atoms. The van der Waals surface area contributed by atoms with Crippen LogP contribution in [0.3, 0.4) is 0 Å². The average molecular weight is 468 g/mol. The van der Waals surface area contributed by atoms with Gasteiger partial charge in [-0.25, -0.2) is 19.9 Å². The number of hydrogen-bond donors (Lipinski definition) is 1. The number of carbonyl (C=O) groups is 1. The van der Waals surface area contributed by atoms with Crippen molar-refractivity contribution in [2.24, 2.45) is 0 Å². The van der Waals surface area contributed by atoms with Crippen LogP contribution in [0.2, 0.25) is 0 Å². The highest BCUT2D eigenvalue weighted by molar-refractivity contribution is 6.03. The molecule has 176 valence electrons. The Morgan fingerprint density at radius 2 is 1.51 bits per heavy atom. The van der Waals surface area contributed by atoms with Crippen molar-refractivity contribution in [2.75, 3.05) is 36.4 Å². The fourth-order valence-corrected chi connectivity index (χ4v) is 3.80. The summed E-state index contributed by atoms with van der Waals surface area (Å²) in [6.45, 7) is 4.54. The molecule has 1 N–H and O–H groups in total. The van der Waals surface area contributed by atoms with Crippen LogP contribution in [0.5, 0.6) is 11.8 Å². The molecule has 3 heterocycles. The number of carbonyl (C=O) groups excluding carboxylic acids is 1. The molecular formula is C26H25N7O2. The van der Waals surface area contributed by atoms with Gasteiger partial charge in [0.1, 0.15) is 5.75 Å². The molecule has 0 radical (unpaired) electrons. The Labute approximate surface area is 203 Å². The van der Waals surface area contributed by atoms with Crippen LogP contribution in [0.25, 0.3) is 0 Å². The molecule has 5 rings (SSSR count). The number of para-hydroxylation sites is 1. The van der Waals surface area contributed by atoms with E-state index in [0.29, 0.717) is 11.3 Å². The Kier molecular flexibility index (Phi) is 6.86. The number of rotatable bonds is 7. The van der Waals surface area contributed by atoms with E-state index in [-0.39, 0.29) is 11.9 Å². The summed E-state index contributed by atoms with van der Waals surface area (Å²) in [7, 11) is 0. The third-order valence-corrected chi connectivity index (χ3v) is 5.67. The molecule has 0 aliphatic carbocycles. The molecule has 2 aromatic carbocycles. The van der Waals surface area contributed by atoms with E-state index in [2.05, 4.69) is 35.1 Å². The molecule has 0 atom stereocenters. The summed E-state index contributed by atoms with van der Waals surface area (Å²) in [6.07, 6.45) is 6.46. The van der Waals surface area contributed by atoms with Gasteiger partial charge in [-0.05, 0) is 35.9 Å². The topological polar surface area (TPSA) is 96.4 Å². The third kappa shape index (κ3) is 5.96. The van der Waals surface area contributed by atoms with E-state index in [4.69, 9.17) is 4.74 Å². The summed E-state index contributed by atoms with van der Waals surface area (Å²) in [5, 5.41) is 2.89. The summed E-state index contributed by atoms with van der Waals surface area (Å²) in [5.74, 6) is 1.15. The highest BCUT2D eigenvalue weighted by atomic mass is 16.5. The summed E-state index contributed by atoms with van der Waals surface area (Å²) in [4.78, 5) is 34.1. The number of anilines is 2. The van der Waals surface area contributed by atoms with E-state index in [1.54, 1.807) is 12.4 Å². The lowest BCUT2D eigenvalue weighted by molar-refractivity contribution is 0.102. The lowest BCUT2D eigenvalue weighted by Crippen LogP contribution is -2.46. The molecule has 1 amide bonds. The summed E-state index contributed by atoms with van der Waals surface area (Å²) < 4.78 is 5.57. The maximum Gasteiger partial charge on any atom is 0.321 e. The van der Waals surface area contributed by atoms with Crippen molar-refractivity contribution < 1.29 is 9.53 Å². The van der Waals surface area contributed by atoms with E-state index in [0.717, 1.165) is 44.4 Å². The molecule has 1 saturated heterocycles. The summed E-state index contributed by atoms with van der Waals surface area (Å²) in [6, 6.07) is 19.2. The van der Waals surface area contributed by atoms with Crippen LogP contribution in [0.1, 0.15) is 15.9 Å². The first kappa shape index (κ1) is 22.4. The Hall–Kier alpha value is -4.37. The van der Waals surface area contributed by atoms with E-state index >= 15 is 0 Å². The van der Waals surface area contributed by atoms with Crippen LogP contribution >= 0.6 is 0 Å². The zero-order valence-corrected chi connectivity index (χ0v) is 19.1. The average Bonchev–Trinajstić information content (AvgIpc) is 2.92. The van der Waals surface area contributed by atoms with Gasteiger partial charge in [0.15, 0.2) is 0 Å². The molecule has 1 aliphatic rings. The molecule has 4 aromatic rings. The van der Waals surface area contributed by atoms with Crippen LogP contribution in [-0.2, 0) is 6.54 Å². The van der Waals surface area contributed by atoms with Gasteiger partial charge in [0.05, 0.1) is 5.56 Å². The van der Waals surface area contributed by atoms with Crippen molar-refractivity contribution in [3.63, 3.8) is 0 Å². The van der Waals surface area contributed by atoms with Crippen LogP contribution < -0.4 is 15.0 Å². The maximum absolute atomic E-state index is 12.6. The Bertz CT molecular complexity index is 1230. The van der Waals surface area contributed by atoms with Gasteiger partial charge in [-0.3, -0.25) is 9.69 Å². The quantitative estimate of drug-likeness (QED) is 0.440. The second-order valence-electron chi connectivity index (χ2n) is 8.13. The predicted octanol–water partition coefficient (Wildman–Crippen LogP) is 3.63. The Balaban J connectivity index is 1.11. The summed E-state index contributed by atoms with van der Waals surface area (Å²) >= 11 is 0. The van der Waals surface area contributed by atoms with Gasteiger partial charge in [-0.15, -0.1) is 0 Å². The molecule has 2 aromatic heterocycles. The summed E-state index contributed by atoms with van der Waals surface area (Å²) in [5.41, 5.74) is 2.27. The zero-order valence-electron chi connectivity index (χ0n) is 19.1. The molecule has 9 heteroatoms. The van der Waals surface area contributed by atoms with E-state index in [1.807, 2.05) is 60.7 Å². The van der Waals surface area contributed by atoms with Crippen molar-refractivity contribution in [3.8, 4) is 11.8 Å². The van der Waals surface area contributed by atoms with E-state index < -0.39 is 0 Å². The lowest BCUT2D eigenvalue weighted by atomic mass is 10.1. The molecule has 0 spiro atoms. The first-order valence-corrected chi connectivity index (χ1v) is 11.4. The monoisotopic (exact) mass is 467 g/mol. The van der Waals surface area contributed by atoms with Crippen molar-refractivity contribution in [1.29, 1.82) is 0 Å². The van der Waals surface area contributed by atoms with Crippen molar-refractivity contribution in [2.45, 2.75) is 6.54 Å². The SMILES string of the molecule is O=C(Nc1ccc(CN2CCN(c3ncccn3)CC2)cc1)c1cnc(Oc2ccccc2)nc1. The number of nitrogens with zero attached hydrogens (tertiary/aromatic N) is 6. The van der Waals surface area contributed by atoms with Gasteiger partial charge in [-0.2, -0.15) is 0 Å². The van der Waals surface area contributed by atoms with Gasteiger partial charge in [0.25, 0.3) is 5.91 Å². The molecule has 1 aliphatic heterocycles. The van der Waals surface area contributed by atoms with Crippen molar-refractivity contribution >= 4 is 17.5 Å². The first-order valence-electron chi connectivity index (χ1n) is 11.4. The second kappa shape index (κ2) is 10.7. The maximum atomic E-state index is 12.6. The van der Waals surface area contributed by atoms with Crippen LogP contribution in [0, 0.1) is 0 Å². The number of aromatic nitrogens is 4. The Morgan fingerprint density at radius 3 is 2.20 bits per heavy atom. The fraction of sp³-hybridized carbons (Fsp3) is 0.192. The zero-order chi connectivity index (χ0) is 23.9. The minimum atomic E-state index is -0.275. The van der Waals surface area contributed by atoms with E-state index in [1.165, 1.54) is 18.0 Å². The number of ether oxygens (including phenoxy) is 1. The van der Waals surface area contributed by atoms with Gasteiger partial charge in [0.2, 0.25) is 5.95 Å². The largest absolute Gasteiger partial charge is 0.424 e. The number of piperazine rings is 1. The van der Waals surface area contributed by atoms with Gasteiger partial charge >= 0.3 is 6.01 Å². The van der Waals surface area contributed by atoms with E-state index in [9.17, 15) is 4.79 Å². The minimum Gasteiger partial charge on any atom is -0.424 e. The normalized spacial score (nSPS) is 13.9. The highest BCUT2D eigenvalue weighted by Gasteiger charge is 2.18. The smallest absolute Gasteiger partial charge is 0.321 e. The number of benzene rings is 2.